The molecule has 3 N–H and O–H groups in total. The molecule has 0 radical (unpaired) electrons. The monoisotopic (exact) mass is 344 g/mol. The molecule has 0 aliphatic heterocycles. The number of hydrogen-bond acceptors (Lipinski definition) is 4. The van der Waals surface area contributed by atoms with E-state index in [2.05, 4.69) is 18.2 Å². The summed E-state index contributed by atoms with van der Waals surface area (Å²) in [6.07, 6.45) is 1.46. The van der Waals surface area contributed by atoms with Crippen molar-refractivity contribution >= 4 is 17.8 Å². The number of carbonyl (C=O) groups is 1. The molecule has 1 aliphatic carbocycles. The molecule has 1 aliphatic rings. The van der Waals surface area contributed by atoms with Crippen LogP contribution >= 0.6 is 11.8 Å². The summed E-state index contributed by atoms with van der Waals surface area (Å²) >= 11 is 1.70. The van der Waals surface area contributed by atoms with Gasteiger partial charge in [-0.15, -0.1) is 0 Å². The number of ether oxygens (including phenoxy) is 1. The Hall–Kier alpha value is -2.18. The highest BCUT2D eigenvalue weighted by molar-refractivity contribution is 7.99. The van der Waals surface area contributed by atoms with Crippen LogP contribution in [0.5, 0.6) is 5.75 Å². The van der Waals surface area contributed by atoms with Crippen molar-refractivity contribution in [3.63, 3.8) is 0 Å². The average molecular weight is 344 g/mol. The second kappa shape index (κ2) is 7.15. The van der Waals surface area contributed by atoms with Gasteiger partial charge in [-0.25, -0.2) is 9.86 Å². The third kappa shape index (κ3) is 3.66. The van der Waals surface area contributed by atoms with Gasteiger partial charge in [0.1, 0.15) is 5.75 Å². The highest BCUT2D eigenvalue weighted by Gasteiger charge is 2.35. The number of primary amides is 1. The van der Waals surface area contributed by atoms with E-state index in [4.69, 9.17) is 10.5 Å². The van der Waals surface area contributed by atoms with Crippen LogP contribution in [0.4, 0.5) is 4.79 Å². The molecule has 0 spiro atoms. The van der Waals surface area contributed by atoms with Crippen molar-refractivity contribution in [2.24, 2.45) is 5.73 Å². The smallest absolute Gasteiger partial charge is 0.338 e. The number of nitrogens with two attached hydrogens (primary N) is 1. The van der Waals surface area contributed by atoms with E-state index in [1.54, 1.807) is 18.9 Å². The summed E-state index contributed by atoms with van der Waals surface area (Å²) in [6.45, 7) is 0. The maximum atomic E-state index is 11.0. The molecule has 0 atom stereocenters. The molecule has 0 heterocycles. The van der Waals surface area contributed by atoms with E-state index < -0.39 is 6.03 Å². The van der Waals surface area contributed by atoms with Crippen LogP contribution in [-0.4, -0.2) is 29.5 Å². The van der Waals surface area contributed by atoms with Gasteiger partial charge in [0.15, 0.2) is 0 Å². The molecule has 3 rings (SSSR count). The van der Waals surface area contributed by atoms with Gasteiger partial charge in [0.25, 0.3) is 0 Å². The van der Waals surface area contributed by atoms with Gasteiger partial charge in [-0.2, -0.15) is 0 Å². The van der Waals surface area contributed by atoms with E-state index in [-0.39, 0.29) is 6.04 Å². The van der Waals surface area contributed by atoms with Crippen molar-refractivity contribution in [3.8, 4) is 5.75 Å². The molecule has 2 aromatic carbocycles. The summed E-state index contributed by atoms with van der Waals surface area (Å²) < 4.78 is 5.17. The van der Waals surface area contributed by atoms with Gasteiger partial charge in [-0.05, 0) is 60.7 Å². The van der Waals surface area contributed by atoms with Crippen LogP contribution in [0.1, 0.15) is 24.3 Å². The number of rotatable bonds is 5. The van der Waals surface area contributed by atoms with E-state index >= 15 is 0 Å². The lowest BCUT2D eigenvalue weighted by Gasteiger charge is -2.39. The average Bonchev–Trinajstić information content (AvgIpc) is 2.54. The summed E-state index contributed by atoms with van der Waals surface area (Å²) in [5.41, 5.74) is 6.31. The normalized spacial score (nSPS) is 19.4. The molecule has 1 saturated carbocycles. The van der Waals surface area contributed by atoms with Crippen molar-refractivity contribution < 1.29 is 14.7 Å². The van der Waals surface area contributed by atoms with Gasteiger partial charge >= 0.3 is 6.03 Å². The first-order valence-corrected chi connectivity index (χ1v) is 8.58. The highest BCUT2D eigenvalue weighted by atomic mass is 32.2. The summed E-state index contributed by atoms with van der Waals surface area (Å²) in [7, 11) is 1.66. The van der Waals surface area contributed by atoms with Crippen LogP contribution in [0.3, 0.4) is 0 Å². The number of hydroxylamine groups is 2. The van der Waals surface area contributed by atoms with E-state index in [1.165, 1.54) is 5.56 Å². The molecule has 0 bridgehead atoms. The van der Waals surface area contributed by atoms with E-state index in [0.29, 0.717) is 11.0 Å². The second-order valence-electron chi connectivity index (χ2n) is 5.86. The molecule has 5 nitrogen and oxygen atoms in total. The first-order chi connectivity index (χ1) is 11.6. The fraction of sp³-hybridized carbons (Fsp3) is 0.278. The molecule has 0 aromatic heterocycles. The zero-order chi connectivity index (χ0) is 17.1. The molecule has 0 unspecified atom stereocenters. The first kappa shape index (κ1) is 16.7. The number of amides is 2. The van der Waals surface area contributed by atoms with Crippen LogP contribution in [-0.2, 0) is 0 Å². The number of methoxy groups -OCH3 is 1. The van der Waals surface area contributed by atoms with Gasteiger partial charge in [-0.1, -0.05) is 23.9 Å². The summed E-state index contributed by atoms with van der Waals surface area (Å²) in [6, 6.07) is 15.4. The largest absolute Gasteiger partial charge is 0.497 e. The maximum absolute atomic E-state index is 11.0. The van der Waals surface area contributed by atoms with Crippen LogP contribution in [0.25, 0.3) is 0 Å². The van der Waals surface area contributed by atoms with Gasteiger partial charge in [0, 0.05) is 9.79 Å². The molecule has 0 saturated heterocycles. The van der Waals surface area contributed by atoms with Crippen LogP contribution in [0.15, 0.2) is 58.3 Å². The Morgan fingerprint density at radius 1 is 1.21 bits per heavy atom. The van der Waals surface area contributed by atoms with Gasteiger partial charge in [0.05, 0.1) is 13.2 Å². The third-order valence-electron chi connectivity index (χ3n) is 4.31. The van der Waals surface area contributed by atoms with E-state index in [1.807, 2.05) is 30.3 Å². The minimum absolute atomic E-state index is 0.176. The fourth-order valence-corrected chi connectivity index (χ4v) is 3.74. The highest BCUT2D eigenvalue weighted by Crippen LogP contribution is 2.40. The lowest BCUT2D eigenvalue weighted by atomic mass is 9.76. The topological polar surface area (TPSA) is 75.8 Å². The van der Waals surface area contributed by atoms with E-state index in [9.17, 15) is 10.0 Å². The Morgan fingerprint density at radius 2 is 1.92 bits per heavy atom. The van der Waals surface area contributed by atoms with Crippen molar-refractivity contribution in [3.05, 3.63) is 54.1 Å². The first-order valence-electron chi connectivity index (χ1n) is 7.76. The SMILES string of the molecule is COc1ccc(Sc2cccc([C@H]3C[C@@H](N(O)C(N)=O)C3)c2)cc1. The van der Waals surface area contributed by atoms with Crippen molar-refractivity contribution in [2.75, 3.05) is 7.11 Å². The molecule has 2 aromatic rings. The zero-order valence-corrected chi connectivity index (χ0v) is 14.2. The Labute approximate surface area is 145 Å². The predicted octanol–water partition coefficient (Wildman–Crippen LogP) is 3.86. The minimum Gasteiger partial charge on any atom is -0.497 e. The van der Waals surface area contributed by atoms with Gasteiger partial charge < -0.3 is 10.5 Å². The number of carbonyl (C=O) groups excluding carboxylic acids is 1. The molecule has 6 heteroatoms. The van der Waals surface area contributed by atoms with Crippen molar-refractivity contribution in [2.45, 2.75) is 34.6 Å². The molecule has 2 amide bonds. The number of urea groups is 1. The number of benzene rings is 2. The molecular weight excluding hydrogens is 324 g/mol. The summed E-state index contributed by atoms with van der Waals surface area (Å²) in [5, 5.41) is 10.2. The van der Waals surface area contributed by atoms with Gasteiger partial charge in [-0.3, -0.25) is 5.21 Å². The Kier molecular flexibility index (Phi) is 4.97. The van der Waals surface area contributed by atoms with Crippen LogP contribution in [0.2, 0.25) is 0 Å². The number of nitrogens with zero attached hydrogens (tertiary/aromatic N) is 1. The molecule has 24 heavy (non-hydrogen) atoms. The molecule has 126 valence electrons. The molecular formula is C18H20N2O3S. The third-order valence-corrected chi connectivity index (χ3v) is 5.31. The Bertz CT molecular complexity index is 714. The standard InChI is InChI=1S/C18H20N2O3S/c1-23-15-5-7-16(8-6-15)24-17-4-2-3-12(11-17)13-9-14(10-13)20(22)18(19)21/h2-8,11,13-14,22H,9-10H2,1H3,(H2,19,21)/t13-,14+. The lowest BCUT2D eigenvalue weighted by Crippen LogP contribution is -2.47. The fourth-order valence-electron chi connectivity index (χ4n) is 2.85. The predicted molar refractivity (Wildman–Crippen MR) is 92.5 cm³/mol. The Morgan fingerprint density at radius 3 is 2.54 bits per heavy atom. The number of hydrogen-bond donors (Lipinski definition) is 2. The zero-order valence-electron chi connectivity index (χ0n) is 13.4. The van der Waals surface area contributed by atoms with E-state index in [0.717, 1.165) is 28.4 Å². The quantitative estimate of drug-likeness (QED) is 0.638. The summed E-state index contributed by atoms with van der Waals surface area (Å²) in [4.78, 5) is 13.3. The van der Waals surface area contributed by atoms with Crippen molar-refractivity contribution in [1.29, 1.82) is 0 Å². The van der Waals surface area contributed by atoms with Gasteiger partial charge in [0.2, 0.25) is 0 Å². The second-order valence-corrected chi connectivity index (χ2v) is 7.00. The minimum atomic E-state index is -0.790. The lowest BCUT2D eigenvalue weighted by molar-refractivity contribution is -0.102. The Balaban J connectivity index is 1.63. The summed E-state index contributed by atoms with van der Waals surface area (Å²) in [5.74, 6) is 1.19. The van der Waals surface area contributed by atoms with Crippen LogP contribution in [0, 0.1) is 0 Å². The van der Waals surface area contributed by atoms with Crippen LogP contribution < -0.4 is 10.5 Å². The molecule has 1 fully saturated rings. The maximum Gasteiger partial charge on any atom is 0.338 e. The van der Waals surface area contributed by atoms with Crippen molar-refractivity contribution in [1.82, 2.24) is 5.06 Å².